The molecule has 1 fully saturated rings. The van der Waals surface area contributed by atoms with E-state index in [1.165, 1.54) is 0 Å². The highest BCUT2D eigenvalue weighted by Gasteiger charge is 2.13. The molecule has 0 amide bonds. The molecule has 1 unspecified atom stereocenters. The number of aromatic nitrogens is 1. The molecular weight excluding hydrogens is 242 g/mol. The zero-order valence-electron chi connectivity index (χ0n) is 11.8. The van der Waals surface area contributed by atoms with Gasteiger partial charge in [-0.3, -0.25) is 9.69 Å². The van der Waals surface area contributed by atoms with E-state index in [1.54, 1.807) is 17.7 Å². The van der Waals surface area contributed by atoms with E-state index in [9.17, 15) is 4.79 Å². The molecule has 2 heterocycles. The summed E-state index contributed by atoms with van der Waals surface area (Å²) >= 11 is 0. The van der Waals surface area contributed by atoms with Gasteiger partial charge in [-0.05, 0) is 18.6 Å². The van der Waals surface area contributed by atoms with Gasteiger partial charge in [0.1, 0.15) is 0 Å². The Morgan fingerprint density at radius 2 is 2.16 bits per heavy atom. The van der Waals surface area contributed by atoms with Gasteiger partial charge in [0, 0.05) is 51.5 Å². The Hall–Kier alpha value is -1.17. The van der Waals surface area contributed by atoms with Crippen molar-refractivity contribution in [3.05, 3.63) is 34.2 Å². The number of morpholine rings is 1. The fraction of sp³-hybridized carbons (Fsp3) is 0.643. The molecule has 19 heavy (non-hydrogen) atoms. The number of hydrogen-bond donors (Lipinski definition) is 1. The Labute approximate surface area is 114 Å². The van der Waals surface area contributed by atoms with Gasteiger partial charge < -0.3 is 14.6 Å². The van der Waals surface area contributed by atoms with Gasteiger partial charge in [0.2, 0.25) is 0 Å². The standard InChI is InChI=1S/C14H23N3O2/c1-12(11-17-5-7-19-8-6-17)15-10-13-3-4-16(2)14(18)9-13/h3-4,9,12,15H,5-8,10-11H2,1-2H3. The van der Waals surface area contributed by atoms with Gasteiger partial charge in [-0.25, -0.2) is 0 Å². The third-order valence-corrected chi connectivity index (χ3v) is 3.46. The normalized spacial score (nSPS) is 18.4. The van der Waals surface area contributed by atoms with Crippen LogP contribution in [0, 0.1) is 0 Å². The van der Waals surface area contributed by atoms with Crippen LogP contribution in [0.15, 0.2) is 23.1 Å². The van der Waals surface area contributed by atoms with Crippen LogP contribution in [0.3, 0.4) is 0 Å². The van der Waals surface area contributed by atoms with Crippen LogP contribution in [-0.4, -0.2) is 48.4 Å². The minimum absolute atomic E-state index is 0.0418. The van der Waals surface area contributed by atoms with Crippen LogP contribution in [0.4, 0.5) is 0 Å². The molecule has 1 aromatic rings. The minimum Gasteiger partial charge on any atom is -0.379 e. The van der Waals surface area contributed by atoms with Gasteiger partial charge in [-0.2, -0.15) is 0 Å². The summed E-state index contributed by atoms with van der Waals surface area (Å²) in [6.45, 7) is 7.63. The minimum atomic E-state index is 0.0418. The average Bonchev–Trinajstić information content (AvgIpc) is 2.41. The van der Waals surface area contributed by atoms with E-state index in [0.717, 1.165) is 45.0 Å². The van der Waals surface area contributed by atoms with Crippen LogP contribution in [0.25, 0.3) is 0 Å². The summed E-state index contributed by atoms with van der Waals surface area (Å²) in [5, 5.41) is 3.46. The number of rotatable bonds is 5. The summed E-state index contributed by atoms with van der Waals surface area (Å²) in [4.78, 5) is 13.9. The Bertz CT molecular complexity index is 452. The number of nitrogens with one attached hydrogen (secondary N) is 1. The maximum absolute atomic E-state index is 11.5. The zero-order valence-corrected chi connectivity index (χ0v) is 11.8. The SMILES string of the molecule is CC(CN1CCOCC1)NCc1ccn(C)c(=O)c1. The molecule has 1 N–H and O–H groups in total. The van der Waals surface area contributed by atoms with Crippen molar-refractivity contribution in [2.45, 2.75) is 19.5 Å². The van der Waals surface area contributed by atoms with Crippen LogP contribution in [0.2, 0.25) is 0 Å². The molecule has 0 radical (unpaired) electrons. The summed E-state index contributed by atoms with van der Waals surface area (Å²) < 4.78 is 6.92. The van der Waals surface area contributed by atoms with E-state index >= 15 is 0 Å². The van der Waals surface area contributed by atoms with E-state index in [-0.39, 0.29) is 5.56 Å². The van der Waals surface area contributed by atoms with Gasteiger partial charge in [0.05, 0.1) is 13.2 Å². The molecule has 1 aliphatic rings. The highest BCUT2D eigenvalue weighted by atomic mass is 16.5. The summed E-state index contributed by atoms with van der Waals surface area (Å²) in [6, 6.07) is 4.08. The lowest BCUT2D eigenvalue weighted by molar-refractivity contribution is 0.0343. The predicted octanol–water partition coefficient (Wildman–Crippen LogP) is 0.196. The Morgan fingerprint density at radius 1 is 1.42 bits per heavy atom. The third-order valence-electron chi connectivity index (χ3n) is 3.46. The molecule has 0 spiro atoms. The molecule has 0 saturated carbocycles. The van der Waals surface area contributed by atoms with Crippen molar-refractivity contribution in [1.82, 2.24) is 14.8 Å². The summed E-state index contributed by atoms with van der Waals surface area (Å²) in [5.41, 5.74) is 1.08. The van der Waals surface area contributed by atoms with E-state index in [1.807, 2.05) is 12.3 Å². The molecule has 0 aromatic carbocycles. The third kappa shape index (κ3) is 4.45. The second-order valence-corrected chi connectivity index (χ2v) is 5.18. The van der Waals surface area contributed by atoms with Gasteiger partial charge in [0.15, 0.2) is 0 Å². The monoisotopic (exact) mass is 265 g/mol. The van der Waals surface area contributed by atoms with Gasteiger partial charge in [0.25, 0.3) is 5.56 Å². The highest BCUT2D eigenvalue weighted by molar-refractivity contribution is 5.10. The quantitative estimate of drug-likeness (QED) is 0.826. The number of aryl methyl sites for hydroxylation is 1. The average molecular weight is 265 g/mol. The van der Waals surface area contributed by atoms with Crippen LogP contribution in [0.5, 0.6) is 0 Å². The number of pyridine rings is 1. The Kier molecular flexibility index (Phi) is 5.13. The van der Waals surface area contributed by atoms with E-state index in [2.05, 4.69) is 17.1 Å². The van der Waals surface area contributed by atoms with Gasteiger partial charge in [-0.15, -0.1) is 0 Å². The second kappa shape index (κ2) is 6.84. The topological polar surface area (TPSA) is 46.5 Å². The van der Waals surface area contributed by atoms with E-state index in [4.69, 9.17) is 4.74 Å². The van der Waals surface area contributed by atoms with Crippen molar-refractivity contribution in [2.75, 3.05) is 32.8 Å². The van der Waals surface area contributed by atoms with Crippen LogP contribution in [0.1, 0.15) is 12.5 Å². The molecule has 106 valence electrons. The van der Waals surface area contributed by atoms with Crippen molar-refractivity contribution in [1.29, 1.82) is 0 Å². The van der Waals surface area contributed by atoms with Gasteiger partial charge >= 0.3 is 0 Å². The Balaban J connectivity index is 1.77. The molecule has 1 saturated heterocycles. The molecule has 0 bridgehead atoms. The van der Waals surface area contributed by atoms with Gasteiger partial charge in [-0.1, -0.05) is 0 Å². The summed E-state index contributed by atoms with van der Waals surface area (Å²) in [5.74, 6) is 0. The first kappa shape index (κ1) is 14.2. The first-order valence-electron chi connectivity index (χ1n) is 6.84. The molecule has 5 nitrogen and oxygen atoms in total. The molecular formula is C14H23N3O2. The predicted molar refractivity (Wildman–Crippen MR) is 75.2 cm³/mol. The second-order valence-electron chi connectivity index (χ2n) is 5.18. The molecule has 5 heteroatoms. The summed E-state index contributed by atoms with van der Waals surface area (Å²) in [6.07, 6.45) is 1.81. The maximum Gasteiger partial charge on any atom is 0.250 e. The first-order chi connectivity index (χ1) is 9.15. The van der Waals surface area contributed by atoms with Crippen molar-refractivity contribution in [2.24, 2.45) is 7.05 Å². The number of hydrogen-bond acceptors (Lipinski definition) is 4. The fourth-order valence-corrected chi connectivity index (χ4v) is 2.23. The highest BCUT2D eigenvalue weighted by Crippen LogP contribution is 2.00. The number of ether oxygens (including phenoxy) is 1. The lowest BCUT2D eigenvalue weighted by atomic mass is 10.2. The van der Waals surface area contributed by atoms with Crippen molar-refractivity contribution < 1.29 is 4.74 Å². The molecule has 1 aliphatic heterocycles. The van der Waals surface area contributed by atoms with Crippen LogP contribution < -0.4 is 10.9 Å². The lowest BCUT2D eigenvalue weighted by Crippen LogP contribution is -2.44. The molecule has 0 aliphatic carbocycles. The lowest BCUT2D eigenvalue weighted by Gasteiger charge is -2.29. The van der Waals surface area contributed by atoms with Crippen molar-refractivity contribution in [3.63, 3.8) is 0 Å². The maximum atomic E-state index is 11.5. The first-order valence-corrected chi connectivity index (χ1v) is 6.84. The fourth-order valence-electron chi connectivity index (χ4n) is 2.23. The molecule has 1 aromatic heterocycles. The smallest absolute Gasteiger partial charge is 0.250 e. The number of nitrogens with zero attached hydrogens (tertiary/aromatic N) is 2. The van der Waals surface area contributed by atoms with Crippen molar-refractivity contribution >= 4 is 0 Å². The van der Waals surface area contributed by atoms with Crippen molar-refractivity contribution in [3.8, 4) is 0 Å². The van der Waals surface area contributed by atoms with Crippen LogP contribution in [-0.2, 0) is 18.3 Å². The molecule has 2 rings (SSSR count). The van der Waals surface area contributed by atoms with E-state index < -0.39 is 0 Å². The summed E-state index contributed by atoms with van der Waals surface area (Å²) in [7, 11) is 1.76. The largest absolute Gasteiger partial charge is 0.379 e. The van der Waals surface area contributed by atoms with Crippen LogP contribution >= 0.6 is 0 Å². The molecule has 1 atom stereocenters. The zero-order chi connectivity index (χ0) is 13.7. The van der Waals surface area contributed by atoms with E-state index in [0.29, 0.717) is 6.04 Å². The Morgan fingerprint density at radius 3 is 2.84 bits per heavy atom.